The molecule has 1 unspecified atom stereocenters. The highest BCUT2D eigenvalue weighted by atomic mass is 16.6. The largest absolute Gasteiger partial charge is 0.467 e. The molecule has 0 saturated heterocycles. The summed E-state index contributed by atoms with van der Waals surface area (Å²) in [4.78, 5) is 36.0. The molecule has 0 radical (unpaired) electrons. The highest BCUT2D eigenvalue weighted by Gasteiger charge is 2.66. The SMILES string of the molecule is COC(=O)C1(NC(=O)OC(C)(C)C)C[C@H]1C(=O)CC1CC1. The predicted molar refractivity (Wildman–Crippen MR) is 74.6 cm³/mol. The van der Waals surface area contributed by atoms with Crippen molar-refractivity contribution in [1.82, 2.24) is 5.32 Å². The summed E-state index contributed by atoms with van der Waals surface area (Å²) in [6, 6.07) is 0. The van der Waals surface area contributed by atoms with Gasteiger partial charge in [0.25, 0.3) is 0 Å². The van der Waals surface area contributed by atoms with Crippen molar-refractivity contribution >= 4 is 17.8 Å². The molecule has 21 heavy (non-hydrogen) atoms. The number of nitrogens with one attached hydrogen (secondary N) is 1. The van der Waals surface area contributed by atoms with E-state index < -0.39 is 29.1 Å². The molecule has 2 fully saturated rings. The zero-order chi connectivity index (χ0) is 15.8. The molecular formula is C15H23NO5. The van der Waals surface area contributed by atoms with Crippen molar-refractivity contribution in [3.05, 3.63) is 0 Å². The Kier molecular flexibility index (Phi) is 4.00. The molecule has 0 aromatic heterocycles. The number of ketones is 1. The van der Waals surface area contributed by atoms with Gasteiger partial charge in [0, 0.05) is 6.42 Å². The summed E-state index contributed by atoms with van der Waals surface area (Å²) < 4.78 is 9.91. The van der Waals surface area contributed by atoms with Crippen molar-refractivity contribution in [3.63, 3.8) is 0 Å². The van der Waals surface area contributed by atoms with Gasteiger partial charge in [-0.15, -0.1) is 0 Å². The van der Waals surface area contributed by atoms with E-state index in [1.165, 1.54) is 7.11 Å². The van der Waals surface area contributed by atoms with Gasteiger partial charge in [-0.1, -0.05) is 0 Å². The van der Waals surface area contributed by atoms with E-state index in [4.69, 9.17) is 9.47 Å². The van der Waals surface area contributed by atoms with Gasteiger partial charge in [0.2, 0.25) is 0 Å². The van der Waals surface area contributed by atoms with Crippen LogP contribution in [0.2, 0.25) is 0 Å². The summed E-state index contributed by atoms with van der Waals surface area (Å²) in [6.07, 6.45) is 2.23. The predicted octanol–water partition coefficient (Wildman–Crippen LogP) is 1.81. The van der Waals surface area contributed by atoms with E-state index >= 15 is 0 Å². The molecule has 1 amide bonds. The lowest BCUT2D eigenvalue weighted by Crippen LogP contribution is -2.48. The molecule has 0 spiro atoms. The maximum absolute atomic E-state index is 12.2. The van der Waals surface area contributed by atoms with Crippen molar-refractivity contribution < 1.29 is 23.9 Å². The van der Waals surface area contributed by atoms with E-state index in [-0.39, 0.29) is 5.78 Å². The maximum atomic E-state index is 12.2. The van der Waals surface area contributed by atoms with Crippen LogP contribution >= 0.6 is 0 Å². The monoisotopic (exact) mass is 297 g/mol. The van der Waals surface area contributed by atoms with Gasteiger partial charge in [0.15, 0.2) is 5.54 Å². The summed E-state index contributed by atoms with van der Waals surface area (Å²) in [5.74, 6) is -0.588. The molecule has 2 aliphatic carbocycles. The molecule has 2 aliphatic rings. The lowest BCUT2D eigenvalue weighted by Gasteiger charge is -2.23. The second kappa shape index (κ2) is 5.31. The van der Waals surface area contributed by atoms with E-state index in [1.54, 1.807) is 20.8 Å². The number of esters is 1. The van der Waals surface area contributed by atoms with Crippen molar-refractivity contribution in [2.45, 2.75) is 57.6 Å². The molecule has 2 saturated carbocycles. The van der Waals surface area contributed by atoms with Gasteiger partial charge < -0.3 is 14.8 Å². The minimum Gasteiger partial charge on any atom is -0.467 e. The van der Waals surface area contributed by atoms with Crippen LogP contribution in [0.25, 0.3) is 0 Å². The third-order valence-corrected chi connectivity index (χ3v) is 3.81. The fraction of sp³-hybridized carbons (Fsp3) is 0.800. The molecule has 6 nitrogen and oxygen atoms in total. The summed E-state index contributed by atoms with van der Waals surface area (Å²) in [7, 11) is 1.25. The van der Waals surface area contributed by atoms with Gasteiger partial charge in [-0.3, -0.25) is 4.79 Å². The second-order valence-electron chi connectivity index (χ2n) is 6.96. The Hall–Kier alpha value is -1.59. The van der Waals surface area contributed by atoms with Crippen molar-refractivity contribution in [3.8, 4) is 0 Å². The van der Waals surface area contributed by atoms with Crippen LogP contribution in [0, 0.1) is 11.8 Å². The van der Waals surface area contributed by atoms with Crippen LogP contribution in [0.15, 0.2) is 0 Å². The van der Waals surface area contributed by atoms with Gasteiger partial charge in [-0.2, -0.15) is 0 Å². The van der Waals surface area contributed by atoms with Crippen LogP contribution in [0.3, 0.4) is 0 Å². The number of carbonyl (C=O) groups excluding carboxylic acids is 3. The standard InChI is InChI=1S/C15H23NO5/c1-14(2,3)21-13(19)16-15(12(18)20-4)8-10(15)11(17)7-9-5-6-9/h9-10H,5-8H2,1-4H3,(H,16,19)/t10-,15?/m0/s1. The first-order valence-electron chi connectivity index (χ1n) is 7.30. The molecule has 2 atom stereocenters. The van der Waals surface area contributed by atoms with Gasteiger partial charge in [0.1, 0.15) is 11.4 Å². The number of hydrogen-bond acceptors (Lipinski definition) is 5. The first-order chi connectivity index (χ1) is 9.68. The van der Waals surface area contributed by atoms with Gasteiger partial charge in [-0.25, -0.2) is 9.59 Å². The number of Topliss-reactive ketones (excluding diaryl/α,β-unsaturated/α-hetero) is 1. The normalized spacial score (nSPS) is 27.7. The first-order valence-corrected chi connectivity index (χ1v) is 7.30. The molecule has 0 aliphatic heterocycles. The molecule has 2 rings (SSSR count). The minimum atomic E-state index is -1.23. The molecule has 0 heterocycles. The number of amides is 1. The second-order valence-corrected chi connectivity index (χ2v) is 6.96. The number of carbonyl (C=O) groups is 3. The maximum Gasteiger partial charge on any atom is 0.408 e. The van der Waals surface area contributed by atoms with E-state index in [2.05, 4.69) is 5.32 Å². The Bertz CT molecular complexity index is 463. The fourth-order valence-corrected chi connectivity index (χ4v) is 2.48. The fourth-order valence-electron chi connectivity index (χ4n) is 2.48. The van der Waals surface area contributed by atoms with Crippen molar-refractivity contribution in [2.75, 3.05) is 7.11 Å². The average molecular weight is 297 g/mol. The summed E-state index contributed by atoms with van der Waals surface area (Å²) in [6.45, 7) is 5.21. The van der Waals surface area contributed by atoms with E-state index in [1.807, 2.05) is 0 Å². The number of hydrogen-bond donors (Lipinski definition) is 1. The van der Waals surface area contributed by atoms with E-state index in [9.17, 15) is 14.4 Å². The quantitative estimate of drug-likeness (QED) is 0.783. The number of rotatable bonds is 5. The van der Waals surface area contributed by atoms with Crippen LogP contribution < -0.4 is 5.32 Å². The summed E-state index contributed by atoms with van der Waals surface area (Å²) >= 11 is 0. The Labute approximate surface area is 124 Å². The van der Waals surface area contributed by atoms with Crippen LogP contribution in [-0.2, 0) is 19.1 Å². The number of alkyl carbamates (subject to hydrolysis) is 1. The highest BCUT2D eigenvalue weighted by molar-refractivity contribution is 6.00. The van der Waals surface area contributed by atoms with Crippen LogP contribution in [0.5, 0.6) is 0 Å². The number of methoxy groups -OCH3 is 1. The average Bonchev–Trinajstić information content (AvgIpc) is 3.22. The minimum absolute atomic E-state index is 0.0268. The smallest absolute Gasteiger partial charge is 0.408 e. The van der Waals surface area contributed by atoms with E-state index in [0.717, 1.165) is 12.8 Å². The zero-order valence-corrected chi connectivity index (χ0v) is 13.0. The molecule has 1 N–H and O–H groups in total. The zero-order valence-electron chi connectivity index (χ0n) is 13.0. The molecule has 0 aromatic rings. The summed E-state index contributed by atoms with van der Waals surface area (Å²) in [5.41, 5.74) is -1.90. The topological polar surface area (TPSA) is 81.7 Å². The molecule has 0 bridgehead atoms. The Morgan fingerprint density at radius 2 is 1.86 bits per heavy atom. The highest BCUT2D eigenvalue weighted by Crippen LogP contribution is 2.48. The van der Waals surface area contributed by atoms with Gasteiger partial charge in [0.05, 0.1) is 13.0 Å². The van der Waals surface area contributed by atoms with Crippen molar-refractivity contribution in [2.24, 2.45) is 11.8 Å². The van der Waals surface area contributed by atoms with Gasteiger partial charge >= 0.3 is 12.1 Å². The Morgan fingerprint density at radius 1 is 1.24 bits per heavy atom. The number of ether oxygens (including phenoxy) is 2. The molecule has 6 heteroatoms. The van der Waals surface area contributed by atoms with Gasteiger partial charge in [-0.05, 0) is 46.0 Å². The van der Waals surface area contributed by atoms with Crippen molar-refractivity contribution in [1.29, 1.82) is 0 Å². The third kappa shape index (κ3) is 3.74. The molecule has 0 aromatic carbocycles. The molecular weight excluding hydrogens is 274 g/mol. The molecule has 118 valence electrons. The van der Waals surface area contributed by atoms with Crippen LogP contribution in [0.1, 0.15) is 46.5 Å². The van der Waals surface area contributed by atoms with E-state index in [0.29, 0.717) is 18.8 Å². The third-order valence-electron chi connectivity index (χ3n) is 3.81. The Morgan fingerprint density at radius 3 is 2.33 bits per heavy atom. The lowest BCUT2D eigenvalue weighted by molar-refractivity contribution is -0.145. The van der Waals surface area contributed by atoms with Crippen LogP contribution in [0.4, 0.5) is 4.79 Å². The van der Waals surface area contributed by atoms with Crippen LogP contribution in [-0.4, -0.2) is 36.1 Å². The summed E-state index contributed by atoms with van der Waals surface area (Å²) in [5, 5.41) is 2.54. The Balaban J connectivity index is 2.00. The lowest BCUT2D eigenvalue weighted by atomic mass is 10.1. The first kappa shape index (κ1) is 15.8.